The maximum atomic E-state index is 15.7. The van der Waals surface area contributed by atoms with Gasteiger partial charge in [0.05, 0.1) is 45.4 Å². The standard InChI is InChI=1S/C54H70ClFN12O5S2/c1-35-48(74-34-59-35)37-16-14-36(15-17-37)31-57-51(71)46-30-40(69)33-68(46)52(72)49(54(2,3)4)62-47(70)13-9-10-22-65-25-27-66(28-26-65)39-20-23-67(24-21-39)44-19-18-38(29-42(44)56)60-53-58-32-41(55)50(63-53)61-43-11-7-8-12-45(43)64(5)75(6)73/h7-8,11-12,14-19,29,32,34,39-40,46,49,69H,9-10,13,20-28,30-31,33H2,1-6H3,(H,57,71)(H,62,70)(H2,58,60,61,63)/t40-,46-,49-,75?/m1/s1. The van der Waals surface area contributed by atoms with E-state index in [9.17, 15) is 23.7 Å². The van der Waals surface area contributed by atoms with Crippen LogP contribution < -0.4 is 30.5 Å². The number of halogens is 2. The Kier molecular flexibility index (Phi) is 18.4. The van der Waals surface area contributed by atoms with Crippen LogP contribution in [0.2, 0.25) is 5.02 Å². The minimum absolute atomic E-state index is 0.0225. The largest absolute Gasteiger partial charge is 0.391 e. The molecule has 0 saturated carbocycles. The average molecular weight is 1090 g/mol. The van der Waals surface area contributed by atoms with Gasteiger partial charge in [-0.1, -0.05) is 68.8 Å². The maximum Gasteiger partial charge on any atom is 0.246 e. The summed E-state index contributed by atoms with van der Waals surface area (Å²) in [5, 5.41) is 23.2. The molecule has 3 amide bonds. The topological polar surface area (TPSA) is 192 Å². The second-order valence-electron chi connectivity index (χ2n) is 20.7. The van der Waals surface area contributed by atoms with Gasteiger partial charge in [-0.05, 0) is 86.0 Å². The summed E-state index contributed by atoms with van der Waals surface area (Å²) in [7, 11) is 0.493. The third-order valence-corrected chi connectivity index (χ3v) is 16.6. The Morgan fingerprint density at radius 3 is 2.39 bits per heavy atom. The number of carbonyl (C=O) groups is 3. The van der Waals surface area contributed by atoms with Crippen molar-refractivity contribution in [3.8, 4) is 10.4 Å². The summed E-state index contributed by atoms with van der Waals surface area (Å²) >= 11 is 8.04. The molecule has 3 aliphatic heterocycles. The van der Waals surface area contributed by atoms with E-state index in [1.807, 2.05) is 87.8 Å². The minimum atomic E-state index is -1.24. The summed E-state index contributed by atoms with van der Waals surface area (Å²) in [6.07, 6.45) is 6.01. The van der Waals surface area contributed by atoms with E-state index < -0.39 is 34.6 Å². The van der Waals surface area contributed by atoms with Gasteiger partial charge in [0.15, 0.2) is 5.82 Å². The van der Waals surface area contributed by atoms with E-state index in [-0.39, 0.29) is 55.4 Å². The van der Waals surface area contributed by atoms with Crippen LogP contribution in [0.5, 0.6) is 0 Å². The second kappa shape index (κ2) is 24.9. The summed E-state index contributed by atoms with van der Waals surface area (Å²) < 4.78 is 29.5. The lowest BCUT2D eigenvalue weighted by Gasteiger charge is -2.43. The number of rotatable bonds is 19. The van der Waals surface area contributed by atoms with Crippen LogP contribution in [-0.2, 0) is 31.9 Å². The number of nitrogens with zero attached hydrogens (tertiary/aromatic N) is 8. The van der Waals surface area contributed by atoms with Crippen LogP contribution in [0.4, 0.5) is 38.9 Å². The fraction of sp³-hybridized carbons (Fsp3) is 0.481. The van der Waals surface area contributed by atoms with Gasteiger partial charge in [-0.15, -0.1) is 11.3 Å². The lowest BCUT2D eigenvalue weighted by Crippen LogP contribution is -2.57. The Bertz CT molecular complexity index is 2800. The number of likely N-dealkylation sites (tertiary alicyclic amines) is 1. The van der Waals surface area contributed by atoms with Crippen LogP contribution in [-0.4, -0.2) is 147 Å². The van der Waals surface area contributed by atoms with Gasteiger partial charge < -0.3 is 41.1 Å². The highest BCUT2D eigenvalue weighted by Crippen LogP contribution is 2.34. The zero-order valence-electron chi connectivity index (χ0n) is 43.7. The number of hydrogen-bond donors (Lipinski definition) is 5. The molecule has 2 aromatic heterocycles. The molecular formula is C54H70ClFN12O5S2. The minimum Gasteiger partial charge on any atom is -0.391 e. The van der Waals surface area contributed by atoms with Crippen LogP contribution in [0, 0.1) is 18.2 Å². The first kappa shape index (κ1) is 55.5. The van der Waals surface area contributed by atoms with Gasteiger partial charge in [-0.2, -0.15) is 4.98 Å². The SMILES string of the molecule is Cc1ncsc1-c1ccc(CNC(=O)[C@H]2C[C@@H](O)CN2C(=O)[C@@H](NC(=O)CCCCN2CCN(C3CCN(c4ccc(Nc5ncc(Cl)c(Nc6ccccc6N(C)S(C)=O)n5)cc4F)CC3)CC2)C(C)(C)C)cc1. The number of piperidine rings is 1. The molecule has 3 aromatic carbocycles. The monoisotopic (exact) mass is 1080 g/mol. The molecule has 4 atom stereocenters. The molecule has 5 N–H and O–H groups in total. The molecule has 0 spiro atoms. The van der Waals surface area contributed by atoms with E-state index in [1.54, 1.807) is 35.0 Å². The Labute approximate surface area is 451 Å². The number of β-amino-alcohol motifs (C(OH)–C–C–N with tert-alkyl or cyclic N) is 1. The van der Waals surface area contributed by atoms with Crippen molar-refractivity contribution in [1.82, 2.24) is 40.3 Å². The number of aromatic nitrogens is 3. The Morgan fingerprint density at radius 2 is 1.71 bits per heavy atom. The molecular weight excluding hydrogens is 1020 g/mol. The van der Waals surface area contributed by atoms with Gasteiger partial charge in [0, 0.05) is 90.2 Å². The first-order valence-corrected chi connectivity index (χ1v) is 28.5. The molecule has 0 radical (unpaired) electrons. The van der Waals surface area contributed by atoms with E-state index in [0.717, 1.165) is 86.8 Å². The van der Waals surface area contributed by atoms with E-state index in [4.69, 9.17) is 11.6 Å². The van der Waals surface area contributed by atoms with Crippen molar-refractivity contribution in [1.29, 1.82) is 0 Å². The average Bonchev–Trinajstić information content (AvgIpc) is 4.02. The Balaban J connectivity index is 0.739. The Morgan fingerprint density at radius 1 is 0.973 bits per heavy atom. The summed E-state index contributed by atoms with van der Waals surface area (Å²) in [6, 6.07) is 19.1. The van der Waals surface area contributed by atoms with Gasteiger partial charge in [-0.25, -0.2) is 18.6 Å². The molecule has 5 aromatic rings. The van der Waals surface area contributed by atoms with Crippen molar-refractivity contribution in [2.24, 2.45) is 5.41 Å². The van der Waals surface area contributed by atoms with Gasteiger partial charge in [0.25, 0.3) is 0 Å². The fourth-order valence-corrected chi connectivity index (χ4v) is 11.4. The molecule has 402 valence electrons. The van der Waals surface area contributed by atoms with E-state index in [0.29, 0.717) is 46.1 Å². The number of amides is 3. The van der Waals surface area contributed by atoms with Crippen molar-refractivity contribution in [2.75, 3.05) is 85.5 Å². The summed E-state index contributed by atoms with van der Waals surface area (Å²) in [5.74, 6) is -0.671. The van der Waals surface area contributed by atoms with Gasteiger partial charge >= 0.3 is 0 Å². The molecule has 5 heterocycles. The highest BCUT2D eigenvalue weighted by atomic mass is 35.5. The van der Waals surface area contributed by atoms with Gasteiger partial charge in [0.1, 0.15) is 33.9 Å². The van der Waals surface area contributed by atoms with Gasteiger partial charge in [0.2, 0.25) is 23.7 Å². The van der Waals surface area contributed by atoms with Crippen LogP contribution >= 0.6 is 22.9 Å². The number of carbonyl (C=O) groups excluding carboxylic acids is 3. The lowest BCUT2D eigenvalue weighted by atomic mass is 9.85. The third-order valence-electron chi connectivity index (χ3n) is 14.4. The van der Waals surface area contributed by atoms with E-state index in [1.165, 1.54) is 17.2 Å². The molecule has 8 rings (SSSR count). The van der Waals surface area contributed by atoms with Crippen molar-refractivity contribution >= 4 is 86.2 Å². The number of aliphatic hydroxyl groups excluding tert-OH is 1. The van der Waals surface area contributed by atoms with E-state index in [2.05, 4.69) is 50.9 Å². The predicted molar refractivity (Wildman–Crippen MR) is 298 cm³/mol. The molecule has 21 heteroatoms. The summed E-state index contributed by atoms with van der Waals surface area (Å²) in [6.45, 7) is 14.1. The first-order chi connectivity index (χ1) is 35.9. The smallest absolute Gasteiger partial charge is 0.246 e. The molecule has 3 fully saturated rings. The van der Waals surface area contributed by atoms with Crippen LogP contribution in [0.25, 0.3) is 10.4 Å². The number of benzene rings is 3. The highest BCUT2D eigenvalue weighted by molar-refractivity contribution is 7.85. The van der Waals surface area contributed by atoms with E-state index >= 15 is 4.39 Å². The zero-order chi connectivity index (χ0) is 53.4. The lowest BCUT2D eigenvalue weighted by molar-refractivity contribution is -0.144. The number of unbranched alkanes of at least 4 members (excludes halogenated alkanes) is 1. The molecule has 17 nitrogen and oxygen atoms in total. The molecule has 75 heavy (non-hydrogen) atoms. The summed E-state index contributed by atoms with van der Waals surface area (Å²) in [5.41, 5.74) is 6.56. The molecule has 0 bridgehead atoms. The molecule has 0 aliphatic carbocycles. The second-order valence-corrected chi connectivity index (χ2v) is 23.4. The Hall–Kier alpha value is -5.77. The number of aryl methyl sites for hydroxylation is 1. The number of thiazole rings is 1. The number of piperazine rings is 1. The number of hydrogen-bond acceptors (Lipinski definition) is 14. The predicted octanol–water partition coefficient (Wildman–Crippen LogP) is 7.48. The van der Waals surface area contributed by atoms with Crippen LogP contribution in [0.3, 0.4) is 0 Å². The number of nitrogens with one attached hydrogen (secondary N) is 4. The molecule has 1 unspecified atom stereocenters. The maximum absolute atomic E-state index is 15.7. The normalized spacial score (nSPS) is 18.6. The third kappa shape index (κ3) is 14.2. The quantitative estimate of drug-likeness (QED) is 0.0512. The van der Waals surface area contributed by atoms with Crippen molar-refractivity contribution < 1.29 is 28.1 Å². The van der Waals surface area contributed by atoms with Crippen molar-refractivity contribution in [2.45, 2.75) is 97.0 Å². The van der Waals surface area contributed by atoms with Crippen LogP contribution in [0.1, 0.15) is 70.6 Å². The summed E-state index contributed by atoms with van der Waals surface area (Å²) in [4.78, 5) is 63.9. The van der Waals surface area contributed by atoms with Gasteiger partial charge in [-0.3, -0.25) is 23.6 Å². The number of aliphatic hydroxyl groups is 1. The van der Waals surface area contributed by atoms with Crippen molar-refractivity contribution in [3.05, 3.63) is 101 Å². The first-order valence-electron chi connectivity index (χ1n) is 25.7. The molecule has 3 aliphatic rings. The van der Waals surface area contributed by atoms with Crippen LogP contribution in [0.15, 0.2) is 78.4 Å². The number of anilines is 6. The number of para-hydroxylation sites is 2. The highest BCUT2D eigenvalue weighted by Gasteiger charge is 2.44. The zero-order valence-corrected chi connectivity index (χ0v) is 46.0. The van der Waals surface area contributed by atoms with Crippen molar-refractivity contribution in [3.63, 3.8) is 0 Å². The fourth-order valence-electron chi connectivity index (χ4n) is 10.1. The molecule has 3 saturated heterocycles.